The minimum absolute atomic E-state index is 0.149. The van der Waals surface area contributed by atoms with E-state index in [0.29, 0.717) is 60.8 Å². The monoisotopic (exact) mass is 893 g/mol. The van der Waals surface area contributed by atoms with Crippen LogP contribution in [0.25, 0.3) is 17.1 Å². The van der Waals surface area contributed by atoms with Crippen molar-refractivity contribution < 1.29 is 24.4 Å². The smallest absolute Gasteiger partial charge is 0.145 e. The molecule has 0 spiro atoms. The van der Waals surface area contributed by atoms with Crippen molar-refractivity contribution in [1.82, 2.24) is 15.2 Å². The second kappa shape index (κ2) is 20.5. The Bertz CT molecular complexity index is 3070. The number of amidine groups is 3. The summed E-state index contributed by atoms with van der Waals surface area (Å²) < 4.78 is 27.3. The molecule has 0 atom stereocenters. The lowest BCUT2D eigenvalue weighted by atomic mass is 10.1. The highest BCUT2D eigenvalue weighted by Gasteiger charge is 2.20. The highest BCUT2D eigenvalue weighted by molar-refractivity contribution is 6.30. The van der Waals surface area contributed by atoms with Crippen LogP contribution in [0.1, 0.15) is 27.8 Å². The Morgan fingerprint density at radius 1 is 0.462 bits per heavy atom. The first-order valence-corrected chi connectivity index (χ1v) is 20.8. The Kier molecular flexibility index (Phi) is 14.5. The maximum atomic E-state index is 13.7. The number of fused-ring (bicyclic) bond motifs is 3. The summed E-state index contributed by atoms with van der Waals surface area (Å²) in [6, 6.07) is 39.1. The summed E-state index contributed by atoms with van der Waals surface area (Å²) in [6.45, 7) is 4.54. The highest BCUT2D eigenvalue weighted by atomic mass is 35.5. The quantitative estimate of drug-likeness (QED) is 0.225. The fraction of sp³-hybridized carbons (Fsp3) is 0.160. The molecule has 6 aromatic rings. The molecule has 9 rings (SSSR count). The van der Waals surface area contributed by atoms with Gasteiger partial charge in [-0.1, -0.05) is 102 Å². The molecule has 15 heteroatoms. The Morgan fingerprint density at radius 2 is 0.800 bits per heavy atom. The topological polar surface area (TPSA) is 145 Å². The molecule has 3 aliphatic rings. The molecule has 0 aromatic heterocycles. The van der Waals surface area contributed by atoms with Gasteiger partial charge in [0.2, 0.25) is 0 Å². The van der Waals surface area contributed by atoms with E-state index in [9.17, 15) is 24.4 Å². The van der Waals surface area contributed by atoms with Crippen LogP contribution < -0.4 is 31.7 Å². The number of hydrogen-bond acceptors (Lipinski definition) is 9. The highest BCUT2D eigenvalue weighted by Crippen LogP contribution is 2.19. The molecule has 3 N–H and O–H groups in total. The van der Waals surface area contributed by atoms with E-state index in [-0.39, 0.29) is 31.3 Å². The average Bonchev–Trinajstić information content (AvgIpc) is 3.61. The van der Waals surface area contributed by atoms with Crippen LogP contribution in [0.15, 0.2) is 163 Å². The van der Waals surface area contributed by atoms with Gasteiger partial charge in [0.05, 0.1) is 33.2 Å². The number of halogens is 3. The fourth-order valence-electron chi connectivity index (χ4n) is 7.26. The second-order valence-corrected chi connectivity index (χ2v) is 15.5. The van der Waals surface area contributed by atoms with Crippen molar-refractivity contribution in [1.29, 1.82) is 0 Å². The van der Waals surface area contributed by atoms with Crippen molar-refractivity contribution in [3.8, 4) is 0 Å². The molecular weight excluding hydrogens is 848 g/mol. The van der Waals surface area contributed by atoms with Crippen LogP contribution in [0.4, 0.5) is 8.78 Å². The summed E-state index contributed by atoms with van der Waals surface area (Å²) in [5, 5.41) is 39.1. The number of hydroxylamine groups is 6. The van der Waals surface area contributed by atoms with Crippen LogP contribution >= 0.6 is 11.6 Å². The molecule has 0 fully saturated rings. The third-order valence-electron chi connectivity index (χ3n) is 10.5. The summed E-state index contributed by atoms with van der Waals surface area (Å²) in [5.41, 5.74) is 6.50. The molecule has 65 heavy (non-hydrogen) atoms. The first-order chi connectivity index (χ1) is 31.3. The van der Waals surface area contributed by atoms with Crippen molar-refractivity contribution in [3.63, 3.8) is 0 Å². The molecule has 0 unspecified atom stereocenters. The number of benzene rings is 6. The number of nitrogens with zero attached hydrogens (tertiary/aromatic N) is 9. The minimum Gasteiger partial charge on any atom is -0.288 e. The van der Waals surface area contributed by atoms with Crippen molar-refractivity contribution >= 4 is 46.2 Å². The van der Waals surface area contributed by atoms with Crippen LogP contribution in [-0.2, 0) is 0 Å². The van der Waals surface area contributed by atoms with Crippen LogP contribution in [0.5, 0.6) is 0 Å². The summed E-state index contributed by atoms with van der Waals surface area (Å²) in [6.07, 6.45) is 0. The molecule has 330 valence electrons. The Hall–Kier alpha value is -7.23. The Balaban J connectivity index is 0.000000145. The molecule has 3 heterocycles. The van der Waals surface area contributed by atoms with Gasteiger partial charge in [-0.15, -0.1) is 0 Å². The average molecular weight is 894 g/mol. The van der Waals surface area contributed by atoms with Crippen molar-refractivity contribution in [2.75, 3.05) is 40.8 Å². The van der Waals surface area contributed by atoms with Crippen LogP contribution in [0.3, 0.4) is 0 Å². The normalized spacial score (nSPS) is 16.3. The maximum absolute atomic E-state index is 13.7. The molecule has 0 saturated carbocycles. The van der Waals surface area contributed by atoms with Gasteiger partial charge in [-0.2, -0.15) is 0 Å². The fourth-order valence-corrected chi connectivity index (χ4v) is 7.43. The number of aliphatic imine (C=N–C) groups is 3. The third kappa shape index (κ3) is 10.8. The predicted octanol–water partition coefficient (Wildman–Crippen LogP) is 5.14. The molecular formula is C50H46ClF2N9O3. The van der Waals surface area contributed by atoms with Gasteiger partial charge < -0.3 is 0 Å². The number of hydrogen-bond donors (Lipinski definition) is 3. The van der Waals surface area contributed by atoms with E-state index in [1.807, 2.05) is 105 Å². The standard InChI is InChI=1S/C17H16ClN3O.C17H16FN3O.C16H14FN3O/c2*1-11-3-5-12(6-4-11)17-14-9-13(18)7-8-15(14)20-16(19-2)10-21(17)22;1-18-15-10-20(21)16(11-5-3-2-4-6-11)13-9-12(17)7-8-14(13)19-15/h2*3-9,22H,10H2,1-2H3;2-9,21H,10H2,1H3. The van der Waals surface area contributed by atoms with Gasteiger partial charge in [0.1, 0.15) is 48.8 Å². The first kappa shape index (κ1) is 45.8. The Morgan fingerprint density at radius 3 is 1.17 bits per heavy atom. The second-order valence-electron chi connectivity index (χ2n) is 15.1. The maximum Gasteiger partial charge on any atom is 0.145 e. The van der Waals surface area contributed by atoms with Gasteiger partial charge in [0, 0.05) is 58.5 Å². The van der Waals surface area contributed by atoms with E-state index in [0.717, 1.165) is 48.5 Å². The number of aryl methyl sites for hydroxylation is 2. The van der Waals surface area contributed by atoms with Crippen molar-refractivity contribution in [3.05, 3.63) is 210 Å². The lowest BCUT2D eigenvalue weighted by Gasteiger charge is -2.19. The summed E-state index contributed by atoms with van der Waals surface area (Å²) in [7, 11) is 4.90. The molecule has 0 amide bonds. The molecule has 6 aromatic carbocycles. The van der Waals surface area contributed by atoms with Crippen molar-refractivity contribution in [2.45, 2.75) is 13.8 Å². The molecule has 0 saturated heterocycles. The molecule has 0 bridgehead atoms. The zero-order valence-electron chi connectivity index (χ0n) is 36.3. The van der Waals surface area contributed by atoms with E-state index < -0.39 is 0 Å². The third-order valence-corrected chi connectivity index (χ3v) is 10.7. The van der Waals surface area contributed by atoms with E-state index in [4.69, 9.17) is 11.6 Å². The zero-order valence-corrected chi connectivity index (χ0v) is 37.1. The summed E-state index contributed by atoms with van der Waals surface area (Å²) in [4.78, 5) is 25.5. The van der Waals surface area contributed by atoms with E-state index >= 15 is 0 Å². The summed E-state index contributed by atoms with van der Waals surface area (Å²) >= 11 is 6.14. The van der Waals surface area contributed by atoms with E-state index in [1.165, 1.54) is 29.3 Å². The Labute approximate surface area is 378 Å². The van der Waals surface area contributed by atoms with Crippen molar-refractivity contribution in [2.24, 2.45) is 30.0 Å². The van der Waals surface area contributed by atoms with E-state index in [1.54, 1.807) is 39.3 Å². The molecule has 0 aliphatic carbocycles. The predicted molar refractivity (Wildman–Crippen MR) is 248 cm³/mol. The van der Waals surface area contributed by atoms with E-state index in [2.05, 4.69) is 30.0 Å². The largest absolute Gasteiger partial charge is 0.288 e. The first-order valence-electron chi connectivity index (χ1n) is 20.5. The number of rotatable bonds is 3. The van der Waals surface area contributed by atoms with Crippen LogP contribution in [0.2, 0.25) is 5.02 Å². The summed E-state index contributed by atoms with van der Waals surface area (Å²) in [5.74, 6) is 0.786. The molecule has 0 radical (unpaired) electrons. The van der Waals surface area contributed by atoms with Gasteiger partial charge in [-0.05, 0) is 68.4 Å². The molecule has 12 nitrogen and oxygen atoms in total. The van der Waals surface area contributed by atoms with Gasteiger partial charge in [-0.3, -0.25) is 30.6 Å². The zero-order chi connectivity index (χ0) is 46.2. The van der Waals surface area contributed by atoms with Crippen LogP contribution in [0, 0.1) is 25.5 Å². The van der Waals surface area contributed by atoms with Gasteiger partial charge >= 0.3 is 0 Å². The minimum atomic E-state index is -0.373. The lowest BCUT2D eigenvalue weighted by molar-refractivity contribution is -0.0121. The van der Waals surface area contributed by atoms with Crippen LogP contribution in [-0.4, -0.2) is 89.1 Å². The van der Waals surface area contributed by atoms with Gasteiger partial charge in [0.15, 0.2) is 0 Å². The SMILES string of the molecule is CN=C1CN(O)C(c2ccc(C)cc2)=c2cc(Cl)ccc2=N1.CN=C1CN(O)C(c2ccc(C)cc2)=c2cc(F)ccc2=N1.CN=C1CN(O)C(c2ccccc2)=c2cc(F)ccc2=N1. The molecule has 3 aliphatic heterocycles. The van der Waals surface area contributed by atoms with Gasteiger partial charge in [-0.25, -0.2) is 38.9 Å². The van der Waals surface area contributed by atoms with Gasteiger partial charge in [0.25, 0.3) is 0 Å². The lowest BCUT2D eigenvalue weighted by Crippen LogP contribution is -2.32.